The second-order valence-electron chi connectivity index (χ2n) is 22.2. The Labute approximate surface area is 459 Å². The van der Waals surface area contributed by atoms with Crippen molar-refractivity contribution in [3.63, 3.8) is 0 Å². The van der Waals surface area contributed by atoms with Crippen LogP contribution in [-0.2, 0) is 85.6 Å². The summed E-state index contributed by atoms with van der Waals surface area (Å²) in [5, 5.41) is 8.75. The summed E-state index contributed by atoms with van der Waals surface area (Å²) >= 11 is 0. The normalized spacial score (nSPS) is 30.1. The highest BCUT2D eigenvalue weighted by molar-refractivity contribution is 5.76. The van der Waals surface area contributed by atoms with Crippen molar-refractivity contribution < 1.29 is 85.6 Å². The van der Waals surface area contributed by atoms with Crippen LogP contribution in [0.25, 0.3) is 0 Å². The van der Waals surface area contributed by atoms with Gasteiger partial charge in [-0.3, -0.25) is 28.8 Å². The second kappa shape index (κ2) is 35.9. The van der Waals surface area contributed by atoms with E-state index in [2.05, 4.69) is 78.3 Å². The zero-order valence-corrected chi connectivity index (χ0v) is 48.9. The average Bonchev–Trinajstić information content (AvgIpc) is 3.38. The Morgan fingerprint density at radius 3 is 0.896 bits per heavy atom. The molecule has 77 heavy (non-hydrogen) atoms. The molecule has 3 N–H and O–H groups in total. The number of amides is 3. The first-order valence-electron chi connectivity index (χ1n) is 28.3. The highest BCUT2D eigenvalue weighted by Gasteiger charge is 2.42. The lowest BCUT2D eigenvalue weighted by Gasteiger charge is -2.43. The molecule has 0 saturated carbocycles. The van der Waals surface area contributed by atoms with Gasteiger partial charge in [0.2, 0.25) is 17.7 Å². The van der Waals surface area contributed by atoms with E-state index in [1.807, 2.05) is 6.92 Å². The SMILES string of the molecule is CC(=O)OCC1O[C@@H](OCCCNC(=O)CCOCC(C)(COCCC(=O)NCCCO[C@@H]2OC(COC(C)=O)[C@H](C)[C@H](C)C2C)COCCC(=O)NCCCO[C@@H]2OC(COC(C)=O)[C@H](C)[C@H](C)C2C)C(C)[C@@H](C)[C@H]1C. The lowest BCUT2D eigenvalue weighted by molar-refractivity contribution is -0.255. The average molecular weight is 1100 g/mol. The van der Waals surface area contributed by atoms with Gasteiger partial charge in [0.05, 0.1) is 77.8 Å². The Hall–Kier alpha value is -3.54. The van der Waals surface area contributed by atoms with Crippen molar-refractivity contribution in [2.24, 2.45) is 58.7 Å². The van der Waals surface area contributed by atoms with Gasteiger partial charge < -0.3 is 72.8 Å². The van der Waals surface area contributed by atoms with Crippen LogP contribution >= 0.6 is 0 Å². The minimum atomic E-state index is -0.671. The standard InChI is InChI=1S/C56H99N3O18/c1-35-38(4)47(29-72-44(10)60)75-53(41(35)7)69-23-14-20-57-50(63)17-26-66-32-56(13,33-67-27-18-51(64)58-21-15-24-70-54-42(8)36(2)39(5)48(76-54)30-73-45(11)61)34-68-28-19-52(65)59-22-16-25-71-55-43(9)37(3)40(6)49(77-55)31-74-46(12)62/h35-43,47-49,53-55H,14-34H2,1-13H3,(H,57,63)(H,58,64)(H,59,65)/t35-,36-,37-,38+,39+,40+,41?,42?,43?,47?,48?,49?,53+,54+,55+,56?/m0/s1. The van der Waals surface area contributed by atoms with Crippen LogP contribution in [0.1, 0.15) is 129 Å². The highest BCUT2D eigenvalue weighted by Crippen LogP contribution is 2.38. The molecule has 3 fully saturated rings. The van der Waals surface area contributed by atoms with Crippen LogP contribution in [0.3, 0.4) is 0 Å². The molecular formula is C56H99N3O18. The van der Waals surface area contributed by atoms with Crippen molar-refractivity contribution >= 4 is 35.6 Å². The van der Waals surface area contributed by atoms with Gasteiger partial charge in [-0.2, -0.15) is 0 Å². The zero-order valence-electron chi connectivity index (χ0n) is 48.9. The van der Waals surface area contributed by atoms with E-state index in [0.29, 0.717) is 76.5 Å². The summed E-state index contributed by atoms with van der Waals surface area (Å²) in [4.78, 5) is 72.4. The van der Waals surface area contributed by atoms with E-state index >= 15 is 0 Å². The van der Waals surface area contributed by atoms with E-state index in [4.69, 9.17) is 56.8 Å². The summed E-state index contributed by atoms with van der Waals surface area (Å²) in [7, 11) is 0. The van der Waals surface area contributed by atoms with Crippen molar-refractivity contribution in [3.8, 4) is 0 Å². The Balaban J connectivity index is 1.39. The van der Waals surface area contributed by atoms with E-state index in [9.17, 15) is 28.8 Å². The number of carbonyl (C=O) groups excluding carboxylic acids is 6. The smallest absolute Gasteiger partial charge is 0.302 e. The van der Waals surface area contributed by atoms with E-state index in [0.717, 1.165) is 0 Å². The molecule has 3 amide bonds. The molecule has 0 aliphatic carbocycles. The fourth-order valence-corrected chi connectivity index (χ4v) is 9.54. The molecule has 21 nitrogen and oxygen atoms in total. The Kier molecular flexibility index (Phi) is 31.6. The fraction of sp³-hybridized carbons (Fsp3) is 0.893. The summed E-state index contributed by atoms with van der Waals surface area (Å²) < 4.78 is 70.3. The number of rotatable bonds is 36. The first-order chi connectivity index (χ1) is 36.5. The summed E-state index contributed by atoms with van der Waals surface area (Å²) in [6, 6.07) is 0. The molecule has 6 unspecified atom stereocenters. The van der Waals surface area contributed by atoms with Gasteiger partial charge in [-0.1, -0.05) is 69.2 Å². The van der Waals surface area contributed by atoms with Crippen LogP contribution in [-0.4, -0.2) is 172 Å². The lowest BCUT2D eigenvalue weighted by atomic mass is 9.79. The molecule has 3 aliphatic heterocycles. The Morgan fingerprint density at radius 2 is 0.649 bits per heavy atom. The molecule has 0 radical (unpaired) electrons. The number of nitrogens with one attached hydrogen (secondary N) is 3. The van der Waals surface area contributed by atoms with Gasteiger partial charge in [-0.25, -0.2) is 0 Å². The quantitative estimate of drug-likeness (QED) is 0.0405. The van der Waals surface area contributed by atoms with Crippen LogP contribution < -0.4 is 16.0 Å². The molecule has 3 heterocycles. The predicted octanol–water partition coefficient (Wildman–Crippen LogP) is 5.37. The van der Waals surface area contributed by atoms with Gasteiger partial charge >= 0.3 is 17.9 Å². The third-order valence-corrected chi connectivity index (χ3v) is 15.9. The molecule has 0 aromatic rings. The largest absolute Gasteiger partial charge is 0.463 e. The summed E-state index contributed by atoms with van der Waals surface area (Å²) in [5.74, 6) is 0.367. The molecule has 0 aromatic carbocycles. The van der Waals surface area contributed by atoms with Gasteiger partial charge in [-0.05, 0) is 54.8 Å². The number of hydrogen-bond donors (Lipinski definition) is 3. The van der Waals surface area contributed by atoms with Crippen LogP contribution in [0.5, 0.6) is 0 Å². The molecule has 21 heteroatoms. The monoisotopic (exact) mass is 1100 g/mol. The van der Waals surface area contributed by atoms with Crippen LogP contribution in [0, 0.1) is 58.7 Å². The van der Waals surface area contributed by atoms with Gasteiger partial charge in [-0.15, -0.1) is 0 Å². The number of ether oxygens (including phenoxy) is 12. The minimum Gasteiger partial charge on any atom is -0.463 e. The zero-order chi connectivity index (χ0) is 57.1. The first kappa shape index (κ1) is 67.7. The molecule has 3 rings (SSSR count). The predicted molar refractivity (Wildman–Crippen MR) is 284 cm³/mol. The molecule has 0 spiro atoms. The number of carbonyl (C=O) groups is 6. The van der Waals surface area contributed by atoms with Crippen molar-refractivity contribution in [2.75, 3.05) is 98.9 Å². The third kappa shape index (κ3) is 25.2. The maximum atomic E-state index is 12.8. The van der Waals surface area contributed by atoms with Gasteiger partial charge in [0, 0.05) is 82.8 Å². The molecule has 0 bridgehead atoms. The van der Waals surface area contributed by atoms with E-state index < -0.39 is 24.3 Å². The maximum Gasteiger partial charge on any atom is 0.302 e. The van der Waals surface area contributed by atoms with Crippen molar-refractivity contribution in [3.05, 3.63) is 0 Å². The van der Waals surface area contributed by atoms with E-state index in [1.165, 1.54) is 20.8 Å². The summed E-state index contributed by atoms with van der Waals surface area (Å²) in [6.45, 7) is 29.0. The van der Waals surface area contributed by atoms with Crippen molar-refractivity contribution in [1.29, 1.82) is 0 Å². The summed E-state index contributed by atoms with van der Waals surface area (Å²) in [5.41, 5.74) is -0.671. The van der Waals surface area contributed by atoms with Crippen LogP contribution in [0.2, 0.25) is 0 Å². The summed E-state index contributed by atoms with van der Waals surface area (Å²) in [6.07, 6.45) is 0.0450. The maximum absolute atomic E-state index is 12.8. The Bertz CT molecular complexity index is 1570. The molecule has 3 aliphatic rings. The van der Waals surface area contributed by atoms with Gasteiger partial charge in [0.1, 0.15) is 19.8 Å². The minimum absolute atomic E-state index is 0.133. The first-order valence-corrected chi connectivity index (χ1v) is 28.3. The second-order valence-corrected chi connectivity index (χ2v) is 22.2. The highest BCUT2D eigenvalue weighted by atomic mass is 16.7. The molecule has 446 valence electrons. The van der Waals surface area contributed by atoms with Crippen LogP contribution in [0.15, 0.2) is 0 Å². The fourth-order valence-electron chi connectivity index (χ4n) is 9.54. The van der Waals surface area contributed by atoms with Crippen molar-refractivity contribution in [2.45, 2.75) is 166 Å². The van der Waals surface area contributed by atoms with Crippen molar-refractivity contribution in [1.82, 2.24) is 16.0 Å². The molecular weight excluding hydrogens is 1000 g/mol. The van der Waals surface area contributed by atoms with E-state index in [1.54, 1.807) is 0 Å². The van der Waals surface area contributed by atoms with Crippen LogP contribution in [0.4, 0.5) is 0 Å². The van der Waals surface area contributed by atoms with E-state index in [-0.39, 0.29) is 168 Å². The molecule has 0 aromatic heterocycles. The third-order valence-electron chi connectivity index (χ3n) is 15.9. The topological polar surface area (TPSA) is 249 Å². The number of hydrogen-bond acceptors (Lipinski definition) is 18. The number of esters is 3. The molecule has 3 saturated heterocycles. The van der Waals surface area contributed by atoms with Gasteiger partial charge in [0.15, 0.2) is 18.9 Å². The Morgan fingerprint density at radius 1 is 0.390 bits per heavy atom. The van der Waals surface area contributed by atoms with Gasteiger partial charge in [0.25, 0.3) is 0 Å². The lowest BCUT2D eigenvalue weighted by Crippen LogP contribution is -2.48. The molecule has 15 atom stereocenters.